The molecule has 6 heteroatoms. The van der Waals surface area contributed by atoms with Gasteiger partial charge in [-0.2, -0.15) is 0 Å². The molecule has 1 aromatic rings. The Hall–Kier alpha value is -1.27. The van der Waals surface area contributed by atoms with Gasteiger partial charge in [-0.05, 0) is 24.1 Å². The van der Waals surface area contributed by atoms with Gasteiger partial charge >= 0.3 is 0 Å². The van der Waals surface area contributed by atoms with Crippen LogP contribution in [0.15, 0.2) is 18.2 Å². The molecule has 0 amide bonds. The molecule has 1 N–H and O–H groups in total. The third-order valence-corrected chi connectivity index (χ3v) is 4.63. The summed E-state index contributed by atoms with van der Waals surface area (Å²) in [4.78, 5) is 0. The lowest BCUT2D eigenvalue weighted by Crippen LogP contribution is -2.18. The largest absolute Gasteiger partial charge is 0.493 e. The SMILES string of the molecule is COc1cc(CO)ccc1OC1CCS(=O)(=O)C1. The second-order valence-electron chi connectivity index (χ2n) is 4.29. The van der Waals surface area contributed by atoms with Crippen LogP contribution >= 0.6 is 0 Å². The Morgan fingerprint density at radius 1 is 1.39 bits per heavy atom. The van der Waals surface area contributed by atoms with E-state index in [1.54, 1.807) is 18.2 Å². The lowest BCUT2D eigenvalue weighted by atomic mass is 10.2. The zero-order valence-electron chi connectivity index (χ0n) is 10.1. The first-order valence-electron chi connectivity index (χ1n) is 5.69. The number of methoxy groups -OCH3 is 1. The summed E-state index contributed by atoms with van der Waals surface area (Å²) in [6, 6.07) is 5.09. The summed E-state index contributed by atoms with van der Waals surface area (Å²) in [6.45, 7) is -0.0750. The summed E-state index contributed by atoms with van der Waals surface area (Å²) in [5.41, 5.74) is 0.721. The molecule has 1 aliphatic rings. The van der Waals surface area contributed by atoms with E-state index in [1.165, 1.54) is 7.11 Å². The minimum atomic E-state index is -2.95. The smallest absolute Gasteiger partial charge is 0.161 e. The zero-order valence-corrected chi connectivity index (χ0v) is 10.9. The molecule has 18 heavy (non-hydrogen) atoms. The van der Waals surface area contributed by atoms with Crippen LogP contribution < -0.4 is 9.47 Å². The van der Waals surface area contributed by atoms with Crippen molar-refractivity contribution < 1.29 is 23.0 Å². The fourth-order valence-corrected chi connectivity index (χ4v) is 3.53. The van der Waals surface area contributed by atoms with Crippen molar-refractivity contribution in [3.63, 3.8) is 0 Å². The van der Waals surface area contributed by atoms with Gasteiger partial charge in [0.05, 0.1) is 25.2 Å². The van der Waals surface area contributed by atoms with Crippen molar-refractivity contribution in [2.45, 2.75) is 19.1 Å². The van der Waals surface area contributed by atoms with E-state index >= 15 is 0 Å². The van der Waals surface area contributed by atoms with Gasteiger partial charge in [0.15, 0.2) is 21.3 Å². The van der Waals surface area contributed by atoms with Gasteiger partial charge in [-0.3, -0.25) is 0 Å². The van der Waals surface area contributed by atoms with Crippen molar-refractivity contribution >= 4 is 9.84 Å². The van der Waals surface area contributed by atoms with E-state index in [-0.39, 0.29) is 24.2 Å². The van der Waals surface area contributed by atoms with Crippen LogP contribution in [0.5, 0.6) is 11.5 Å². The molecule has 0 saturated carbocycles. The highest BCUT2D eigenvalue weighted by Crippen LogP contribution is 2.30. The van der Waals surface area contributed by atoms with Crippen LogP contribution in [0.3, 0.4) is 0 Å². The van der Waals surface area contributed by atoms with Crippen molar-refractivity contribution in [1.29, 1.82) is 0 Å². The number of hydrogen-bond acceptors (Lipinski definition) is 5. The summed E-state index contributed by atoms with van der Waals surface area (Å²) in [5, 5.41) is 9.03. The van der Waals surface area contributed by atoms with Crippen LogP contribution in [0.1, 0.15) is 12.0 Å². The molecular formula is C12H16O5S. The Morgan fingerprint density at radius 2 is 2.17 bits per heavy atom. The summed E-state index contributed by atoms with van der Waals surface area (Å²) >= 11 is 0. The first-order chi connectivity index (χ1) is 8.54. The Balaban J connectivity index is 2.14. The van der Waals surface area contributed by atoms with Crippen LogP contribution in [0, 0.1) is 0 Å². The van der Waals surface area contributed by atoms with E-state index in [0.29, 0.717) is 17.9 Å². The summed E-state index contributed by atoms with van der Waals surface area (Å²) in [7, 11) is -1.45. The second-order valence-corrected chi connectivity index (χ2v) is 6.51. The van der Waals surface area contributed by atoms with Gasteiger partial charge in [-0.25, -0.2) is 8.42 Å². The molecule has 100 valence electrons. The van der Waals surface area contributed by atoms with Crippen molar-refractivity contribution in [2.75, 3.05) is 18.6 Å². The van der Waals surface area contributed by atoms with Crippen LogP contribution in [-0.4, -0.2) is 38.2 Å². The highest BCUT2D eigenvalue weighted by molar-refractivity contribution is 7.91. The molecule has 2 rings (SSSR count). The van der Waals surface area contributed by atoms with Crippen molar-refractivity contribution in [3.05, 3.63) is 23.8 Å². The summed E-state index contributed by atoms with van der Waals surface area (Å²) < 4.78 is 33.5. The van der Waals surface area contributed by atoms with Crippen LogP contribution in [0.4, 0.5) is 0 Å². The first kappa shape index (κ1) is 13.2. The predicted octanol–water partition coefficient (Wildman–Crippen LogP) is 0.753. The maximum Gasteiger partial charge on any atom is 0.161 e. The van der Waals surface area contributed by atoms with Gasteiger partial charge in [-0.1, -0.05) is 6.07 Å². The van der Waals surface area contributed by atoms with Crippen molar-refractivity contribution in [2.24, 2.45) is 0 Å². The van der Waals surface area contributed by atoms with E-state index in [2.05, 4.69) is 0 Å². The first-order valence-corrected chi connectivity index (χ1v) is 7.51. The summed E-state index contributed by atoms with van der Waals surface area (Å²) in [5.74, 6) is 1.25. The third kappa shape index (κ3) is 2.94. The average molecular weight is 272 g/mol. The highest BCUT2D eigenvalue weighted by atomic mass is 32.2. The van der Waals surface area contributed by atoms with E-state index in [9.17, 15) is 8.42 Å². The number of aliphatic hydroxyl groups excluding tert-OH is 1. The van der Waals surface area contributed by atoms with Gasteiger partial charge in [0, 0.05) is 0 Å². The van der Waals surface area contributed by atoms with Crippen molar-refractivity contribution in [1.82, 2.24) is 0 Å². The maximum absolute atomic E-state index is 11.3. The Kier molecular flexibility index (Phi) is 3.77. The topological polar surface area (TPSA) is 72.8 Å². The number of ether oxygens (including phenoxy) is 2. The molecular weight excluding hydrogens is 256 g/mol. The average Bonchev–Trinajstić information content (AvgIpc) is 2.69. The molecule has 1 heterocycles. The monoisotopic (exact) mass is 272 g/mol. The standard InChI is InChI=1S/C12H16O5S/c1-16-12-6-9(7-13)2-3-11(12)17-10-4-5-18(14,15)8-10/h2-3,6,10,13H,4-5,7-8H2,1H3. The number of sulfone groups is 1. The molecule has 1 saturated heterocycles. The van der Waals surface area contributed by atoms with E-state index in [1.807, 2.05) is 0 Å². The molecule has 0 aromatic heterocycles. The fraction of sp³-hybridized carbons (Fsp3) is 0.500. The molecule has 0 spiro atoms. The van der Waals surface area contributed by atoms with Gasteiger partial charge in [-0.15, -0.1) is 0 Å². The van der Waals surface area contributed by atoms with Crippen LogP contribution in [0.25, 0.3) is 0 Å². The molecule has 0 aliphatic carbocycles. The Labute approximate surface area is 106 Å². The Morgan fingerprint density at radius 3 is 2.72 bits per heavy atom. The second kappa shape index (κ2) is 5.16. The quantitative estimate of drug-likeness (QED) is 0.875. The molecule has 1 aromatic carbocycles. The zero-order chi connectivity index (χ0) is 13.2. The number of benzene rings is 1. The molecule has 1 fully saturated rings. The number of aliphatic hydroxyl groups is 1. The van der Waals surface area contributed by atoms with Crippen LogP contribution in [0.2, 0.25) is 0 Å². The van der Waals surface area contributed by atoms with E-state index in [4.69, 9.17) is 14.6 Å². The molecule has 0 bridgehead atoms. The lowest BCUT2D eigenvalue weighted by molar-refractivity contribution is 0.217. The summed E-state index contributed by atoms with van der Waals surface area (Å²) in [6.07, 6.45) is 0.191. The molecule has 1 aliphatic heterocycles. The van der Waals surface area contributed by atoms with Gasteiger partial charge < -0.3 is 14.6 Å². The third-order valence-electron chi connectivity index (χ3n) is 2.89. The highest BCUT2D eigenvalue weighted by Gasteiger charge is 2.29. The normalized spacial score (nSPS) is 21.8. The minimum absolute atomic E-state index is 0.0535. The predicted molar refractivity (Wildman–Crippen MR) is 66.6 cm³/mol. The number of rotatable bonds is 4. The maximum atomic E-state index is 11.3. The van der Waals surface area contributed by atoms with Gasteiger partial charge in [0.1, 0.15) is 6.10 Å². The fourth-order valence-electron chi connectivity index (χ4n) is 1.94. The van der Waals surface area contributed by atoms with Crippen molar-refractivity contribution in [3.8, 4) is 11.5 Å². The van der Waals surface area contributed by atoms with Gasteiger partial charge in [0.2, 0.25) is 0 Å². The molecule has 0 radical (unpaired) electrons. The van der Waals surface area contributed by atoms with Crippen LogP contribution in [-0.2, 0) is 16.4 Å². The van der Waals surface area contributed by atoms with Gasteiger partial charge in [0.25, 0.3) is 0 Å². The molecule has 5 nitrogen and oxygen atoms in total. The lowest BCUT2D eigenvalue weighted by Gasteiger charge is -2.15. The molecule has 1 unspecified atom stereocenters. The molecule has 1 atom stereocenters. The van der Waals surface area contributed by atoms with E-state index in [0.717, 1.165) is 5.56 Å². The minimum Gasteiger partial charge on any atom is -0.493 e. The van der Waals surface area contributed by atoms with E-state index < -0.39 is 9.84 Å². The Bertz CT molecular complexity index is 523. The number of hydrogen-bond donors (Lipinski definition) is 1.